The number of hydrogen-bond acceptors (Lipinski definition) is 2. The SMILES string of the molecule is CN1CCCC2(CCN(C)C2=O)C1. The van der Waals surface area contributed by atoms with Gasteiger partial charge in [-0.25, -0.2) is 0 Å². The third-order valence-electron chi connectivity index (χ3n) is 3.49. The lowest BCUT2D eigenvalue weighted by Crippen LogP contribution is -2.45. The lowest BCUT2D eigenvalue weighted by atomic mass is 9.79. The summed E-state index contributed by atoms with van der Waals surface area (Å²) < 4.78 is 0. The second kappa shape index (κ2) is 2.98. The van der Waals surface area contributed by atoms with Crippen molar-refractivity contribution < 1.29 is 4.79 Å². The lowest BCUT2D eigenvalue weighted by molar-refractivity contribution is -0.137. The highest BCUT2D eigenvalue weighted by Crippen LogP contribution is 2.38. The van der Waals surface area contributed by atoms with Gasteiger partial charge < -0.3 is 9.80 Å². The number of carbonyl (C=O) groups excluding carboxylic acids is 1. The number of nitrogens with zero attached hydrogens (tertiary/aromatic N) is 2. The molecule has 2 aliphatic heterocycles. The van der Waals surface area contributed by atoms with Crippen molar-refractivity contribution in [1.29, 1.82) is 0 Å². The average Bonchev–Trinajstić information content (AvgIpc) is 2.35. The summed E-state index contributed by atoms with van der Waals surface area (Å²) in [5.74, 6) is 0.374. The van der Waals surface area contributed by atoms with Crippen LogP contribution in [-0.2, 0) is 4.79 Å². The van der Waals surface area contributed by atoms with Crippen LogP contribution >= 0.6 is 0 Å². The monoisotopic (exact) mass is 182 g/mol. The molecule has 0 N–H and O–H groups in total. The number of likely N-dealkylation sites (tertiary alicyclic amines) is 2. The third kappa shape index (κ3) is 1.35. The molecule has 2 heterocycles. The molecule has 2 fully saturated rings. The molecular weight excluding hydrogens is 164 g/mol. The van der Waals surface area contributed by atoms with Gasteiger partial charge in [0.2, 0.25) is 5.91 Å². The normalized spacial score (nSPS) is 36.2. The van der Waals surface area contributed by atoms with E-state index in [-0.39, 0.29) is 5.41 Å². The van der Waals surface area contributed by atoms with Crippen molar-refractivity contribution in [2.75, 3.05) is 33.7 Å². The van der Waals surface area contributed by atoms with Gasteiger partial charge in [-0.3, -0.25) is 4.79 Å². The summed E-state index contributed by atoms with van der Waals surface area (Å²) >= 11 is 0. The van der Waals surface area contributed by atoms with Gasteiger partial charge in [0.15, 0.2) is 0 Å². The van der Waals surface area contributed by atoms with Crippen molar-refractivity contribution >= 4 is 5.91 Å². The number of piperidine rings is 1. The van der Waals surface area contributed by atoms with Crippen molar-refractivity contribution in [2.24, 2.45) is 5.41 Å². The Hall–Kier alpha value is -0.570. The first-order valence-corrected chi connectivity index (χ1v) is 5.08. The van der Waals surface area contributed by atoms with E-state index in [4.69, 9.17) is 0 Å². The Morgan fingerprint density at radius 2 is 2.00 bits per heavy atom. The number of rotatable bonds is 0. The van der Waals surface area contributed by atoms with Crippen LogP contribution in [0, 0.1) is 5.41 Å². The van der Waals surface area contributed by atoms with E-state index in [2.05, 4.69) is 11.9 Å². The smallest absolute Gasteiger partial charge is 0.229 e. The Balaban J connectivity index is 2.15. The highest BCUT2D eigenvalue weighted by atomic mass is 16.2. The van der Waals surface area contributed by atoms with E-state index in [1.165, 1.54) is 6.42 Å². The van der Waals surface area contributed by atoms with E-state index in [1.54, 1.807) is 0 Å². The van der Waals surface area contributed by atoms with Gasteiger partial charge in [-0.1, -0.05) is 0 Å². The molecule has 0 aliphatic carbocycles. The molecule has 1 atom stereocenters. The van der Waals surface area contributed by atoms with E-state index in [9.17, 15) is 4.79 Å². The molecule has 0 radical (unpaired) electrons. The minimum atomic E-state index is -0.0122. The van der Waals surface area contributed by atoms with Crippen LogP contribution < -0.4 is 0 Å². The Kier molecular flexibility index (Phi) is 2.06. The first-order valence-electron chi connectivity index (χ1n) is 5.08. The molecule has 0 bridgehead atoms. The van der Waals surface area contributed by atoms with E-state index in [0.717, 1.165) is 32.5 Å². The summed E-state index contributed by atoms with van der Waals surface area (Å²) in [4.78, 5) is 16.1. The largest absolute Gasteiger partial charge is 0.345 e. The third-order valence-corrected chi connectivity index (χ3v) is 3.49. The van der Waals surface area contributed by atoms with Gasteiger partial charge in [0.1, 0.15) is 0 Å². The molecule has 74 valence electrons. The molecule has 0 aromatic rings. The van der Waals surface area contributed by atoms with E-state index in [1.807, 2.05) is 11.9 Å². The molecule has 3 heteroatoms. The zero-order chi connectivity index (χ0) is 9.47. The number of amides is 1. The molecule has 2 rings (SSSR count). The molecule has 2 aliphatic rings. The highest BCUT2D eigenvalue weighted by Gasteiger charge is 2.46. The van der Waals surface area contributed by atoms with Crippen LogP contribution in [0.1, 0.15) is 19.3 Å². The maximum atomic E-state index is 11.9. The molecule has 0 saturated carbocycles. The van der Waals surface area contributed by atoms with Gasteiger partial charge in [-0.2, -0.15) is 0 Å². The molecule has 2 saturated heterocycles. The summed E-state index contributed by atoms with van der Waals surface area (Å²) in [6.45, 7) is 3.07. The first kappa shape index (κ1) is 9.00. The average molecular weight is 182 g/mol. The minimum Gasteiger partial charge on any atom is -0.345 e. The van der Waals surface area contributed by atoms with Crippen LogP contribution in [0.2, 0.25) is 0 Å². The highest BCUT2D eigenvalue weighted by molar-refractivity contribution is 5.85. The number of carbonyl (C=O) groups is 1. The molecule has 1 spiro atoms. The predicted molar refractivity (Wildman–Crippen MR) is 51.4 cm³/mol. The van der Waals surface area contributed by atoms with Gasteiger partial charge in [-0.15, -0.1) is 0 Å². The first-order chi connectivity index (χ1) is 6.14. The second-order valence-electron chi connectivity index (χ2n) is 4.60. The fourth-order valence-corrected chi connectivity index (χ4v) is 2.74. The zero-order valence-electron chi connectivity index (χ0n) is 8.55. The fourth-order valence-electron chi connectivity index (χ4n) is 2.74. The van der Waals surface area contributed by atoms with Gasteiger partial charge >= 0.3 is 0 Å². The van der Waals surface area contributed by atoms with Crippen LogP contribution in [0.25, 0.3) is 0 Å². The lowest BCUT2D eigenvalue weighted by Gasteiger charge is -2.36. The molecule has 0 aromatic heterocycles. The summed E-state index contributed by atoms with van der Waals surface area (Å²) in [5.41, 5.74) is -0.0122. The second-order valence-corrected chi connectivity index (χ2v) is 4.60. The van der Waals surface area contributed by atoms with Gasteiger partial charge in [-0.05, 0) is 32.9 Å². The quantitative estimate of drug-likeness (QED) is 0.546. The van der Waals surface area contributed by atoms with Gasteiger partial charge in [0, 0.05) is 20.1 Å². The number of hydrogen-bond donors (Lipinski definition) is 0. The van der Waals surface area contributed by atoms with Crippen LogP contribution in [0.15, 0.2) is 0 Å². The topological polar surface area (TPSA) is 23.6 Å². The van der Waals surface area contributed by atoms with Crippen LogP contribution in [0.3, 0.4) is 0 Å². The molecule has 3 nitrogen and oxygen atoms in total. The Bertz CT molecular complexity index is 225. The summed E-state index contributed by atoms with van der Waals surface area (Å²) in [7, 11) is 4.04. The van der Waals surface area contributed by atoms with Crippen molar-refractivity contribution in [1.82, 2.24) is 9.80 Å². The van der Waals surface area contributed by atoms with Crippen LogP contribution in [0.4, 0.5) is 0 Å². The van der Waals surface area contributed by atoms with Crippen LogP contribution in [0.5, 0.6) is 0 Å². The van der Waals surface area contributed by atoms with Crippen molar-refractivity contribution in [3.8, 4) is 0 Å². The minimum absolute atomic E-state index is 0.0122. The van der Waals surface area contributed by atoms with Gasteiger partial charge in [0.25, 0.3) is 0 Å². The Morgan fingerprint density at radius 3 is 2.54 bits per heavy atom. The molecule has 1 unspecified atom stereocenters. The zero-order valence-corrected chi connectivity index (χ0v) is 8.55. The standard InChI is InChI=1S/C10H18N2O/c1-11-6-3-4-10(8-11)5-7-12(2)9(10)13/h3-8H2,1-2H3. The maximum Gasteiger partial charge on any atom is 0.229 e. The van der Waals surface area contributed by atoms with Gasteiger partial charge in [0.05, 0.1) is 5.41 Å². The molecule has 0 aromatic carbocycles. The van der Waals surface area contributed by atoms with Crippen molar-refractivity contribution in [2.45, 2.75) is 19.3 Å². The van der Waals surface area contributed by atoms with E-state index < -0.39 is 0 Å². The molecule has 1 amide bonds. The van der Waals surface area contributed by atoms with Crippen LogP contribution in [-0.4, -0.2) is 49.4 Å². The summed E-state index contributed by atoms with van der Waals surface area (Å²) in [6.07, 6.45) is 3.34. The predicted octanol–water partition coefficient (Wildman–Crippen LogP) is 0.560. The molecular formula is C10H18N2O. The summed E-state index contributed by atoms with van der Waals surface area (Å²) in [5, 5.41) is 0. The van der Waals surface area contributed by atoms with E-state index >= 15 is 0 Å². The van der Waals surface area contributed by atoms with E-state index in [0.29, 0.717) is 5.91 Å². The van der Waals surface area contributed by atoms with Crippen molar-refractivity contribution in [3.05, 3.63) is 0 Å². The Morgan fingerprint density at radius 1 is 1.23 bits per heavy atom. The van der Waals surface area contributed by atoms with Crippen molar-refractivity contribution in [3.63, 3.8) is 0 Å². The Labute approximate surface area is 79.7 Å². The maximum absolute atomic E-state index is 11.9. The molecule has 13 heavy (non-hydrogen) atoms. The fraction of sp³-hybridized carbons (Fsp3) is 0.900. The summed E-state index contributed by atoms with van der Waals surface area (Å²) in [6, 6.07) is 0.